The Morgan fingerprint density at radius 2 is 1.45 bits per heavy atom. The number of aryl methyl sites for hydroxylation is 1. The lowest BCUT2D eigenvalue weighted by molar-refractivity contribution is 0.582. The summed E-state index contributed by atoms with van der Waals surface area (Å²) in [6, 6.07) is 40.0. The van der Waals surface area contributed by atoms with Gasteiger partial charge in [0.05, 0.1) is 34.0 Å². The van der Waals surface area contributed by atoms with E-state index in [0.717, 1.165) is 61.7 Å². The molecule has 0 atom stereocenters. The minimum atomic E-state index is 0.814. The predicted octanol–water partition coefficient (Wildman–Crippen LogP) is 8.66. The Hall–Kier alpha value is -5.42. The summed E-state index contributed by atoms with van der Waals surface area (Å²) in [7, 11) is 2.08. The number of nitrogens with zero attached hydrogens (tertiary/aromatic N) is 4. The van der Waals surface area contributed by atoms with Crippen LogP contribution in [0.1, 0.15) is 0 Å². The van der Waals surface area contributed by atoms with Gasteiger partial charge in [0.2, 0.25) is 0 Å². The van der Waals surface area contributed by atoms with Crippen LogP contribution >= 0.6 is 0 Å². The van der Waals surface area contributed by atoms with E-state index >= 15 is 0 Å². The molecule has 0 spiro atoms. The third kappa shape index (κ3) is 3.48. The maximum absolute atomic E-state index is 5.53. The molecule has 0 saturated heterocycles. The summed E-state index contributed by atoms with van der Waals surface area (Å²) in [5, 5.41) is 2.44. The topological polar surface area (TPSA) is 48.8 Å². The number of para-hydroxylation sites is 3. The summed E-state index contributed by atoms with van der Waals surface area (Å²) in [5.74, 6) is 1.77. The van der Waals surface area contributed by atoms with E-state index in [0.29, 0.717) is 0 Å². The summed E-state index contributed by atoms with van der Waals surface area (Å²) in [6.45, 7) is 0. The van der Waals surface area contributed by atoms with Gasteiger partial charge >= 0.3 is 0 Å². The lowest BCUT2D eigenvalue weighted by atomic mass is 10.1. The molecular formula is C35H24N4O. The second-order valence-corrected chi connectivity index (χ2v) is 10.0. The standard InChI is InChI=1S/C35H24N4O/c1-38-32-13-5-3-11-30(32)37-35(38)24-15-17-28-27-10-2-4-12-31(27)39(33(28)21-24)26-9-6-8-23(20-26)29-18-16-25(22-36-29)34-14-7-19-40-34/h2-22H,1H3. The van der Waals surface area contributed by atoms with E-state index in [9.17, 15) is 0 Å². The molecule has 40 heavy (non-hydrogen) atoms. The number of hydrogen-bond acceptors (Lipinski definition) is 3. The van der Waals surface area contributed by atoms with E-state index in [2.05, 4.69) is 107 Å². The van der Waals surface area contributed by atoms with E-state index in [4.69, 9.17) is 14.4 Å². The van der Waals surface area contributed by atoms with Crippen molar-refractivity contribution >= 4 is 32.8 Å². The SMILES string of the molecule is Cn1c(-c2ccc3c4ccccc4n(-c4cccc(-c5ccc(-c6ccco6)cn5)c4)c3c2)nc2ccccc21. The van der Waals surface area contributed by atoms with Crippen LogP contribution in [0.3, 0.4) is 0 Å². The summed E-state index contributed by atoms with van der Waals surface area (Å²) in [6.07, 6.45) is 3.55. The van der Waals surface area contributed by atoms with Crippen molar-refractivity contribution < 1.29 is 4.42 Å². The van der Waals surface area contributed by atoms with Gasteiger partial charge in [-0.15, -0.1) is 0 Å². The highest BCUT2D eigenvalue weighted by molar-refractivity contribution is 6.10. The molecule has 5 nitrogen and oxygen atoms in total. The van der Waals surface area contributed by atoms with Gasteiger partial charge in [-0.2, -0.15) is 0 Å². The average Bonchev–Trinajstić information content (AvgIpc) is 3.74. The number of pyridine rings is 1. The van der Waals surface area contributed by atoms with Crippen molar-refractivity contribution in [3.8, 4) is 39.7 Å². The van der Waals surface area contributed by atoms with Crippen LogP contribution in [0.2, 0.25) is 0 Å². The number of aromatic nitrogens is 4. The lowest BCUT2D eigenvalue weighted by Crippen LogP contribution is -1.96. The number of benzene rings is 4. The minimum absolute atomic E-state index is 0.814. The first-order valence-electron chi connectivity index (χ1n) is 13.3. The molecular weight excluding hydrogens is 492 g/mol. The smallest absolute Gasteiger partial charge is 0.140 e. The lowest BCUT2D eigenvalue weighted by Gasteiger charge is -2.11. The maximum Gasteiger partial charge on any atom is 0.140 e. The number of hydrogen-bond donors (Lipinski definition) is 0. The highest BCUT2D eigenvalue weighted by atomic mass is 16.3. The van der Waals surface area contributed by atoms with Gasteiger partial charge < -0.3 is 13.6 Å². The summed E-state index contributed by atoms with van der Waals surface area (Å²) in [5.41, 5.74) is 9.53. The molecule has 0 aliphatic heterocycles. The van der Waals surface area contributed by atoms with Crippen molar-refractivity contribution in [3.05, 3.63) is 128 Å². The van der Waals surface area contributed by atoms with E-state index < -0.39 is 0 Å². The van der Waals surface area contributed by atoms with Crippen molar-refractivity contribution in [1.29, 1.82) is 0 Å². The number of furan rings is 1. The summed E-state index contributed by atoms with van der Waals surface area (Å²) in [4.78, 5) is 9.72. The molecule has 0 saturated carbocycles. The van der Waals surface area contributed by atoms with Crippen LogP contribution in [0.25, 0.3) is 72.5 Å². The van der Waals surface area contributed by atoms with Gasteiger partial charge in [-0.25, -0.2) is 4.98 Å². The van der Waals surface area contributed by atoms with Gasteiger partial charge in [-0.05, 0) is 60.7 Å². The van der Waals surface area contributed by atoms with E-state index in [-0.39, 0.29) is 0 Å². The van der Waals surface area contributed by atoms with E-state index in [1.165, 1.54) is 10.8 Å². The van der Waals surface area contributed by atoms with Crippen molar-refractivity contribution in [1.82, 2.24) is 19.1 Å². The molecule has 4 aromatic carbocycles. The first-order chi connectivity index (χ1) is 19.7. The van der Waals surface area contributed by atoms with Crippen LogP contribution in [-0.4, -0.2) is 19.1 Å². The van der Waals surface area contributed by atoms with Gasteiger partial charge in [0.15, 0.2) is 0 Å². The molecule has 0 bridgehead atoms. The minimum Gasteiger partial charge on any atom is -0.464 e. The van der Waals surface area contributed by atoms with Gasteiger partial charge in [0.1, 0.15) is 11.6 Å². The molecule has 5 heteroatoms. The molecule has 0 aliphatic carbocycles. The summed E-state index contributed by atoms with van der Waals surface area (Å²) < 4.78 is 10.0. The molecule has 190 valence electrons. The first kappa shape index (κ1) is 22.6. The van der Waals surface area contributed by atoms with Crippen molar-refractivity contribution in [2.45, 2.75) is 0 Å². The van der Waals surface area contributed by atoms with Crippen LogP contribution in [0.5, 0.6) is 0 Å². The largest absolute Gasteiger partial charge is 0.464 e. The second-order valence-electron chi connectivity index (χ2n) is 10.0. The molecule has 8 rings (SSSR count). The van der Waals surface area contributed by atoms with Crippen LogP contribution in [0.4, 0.5) is 0 Å². The molecule has 0 radical (unpaired) electrons. The molecule has 0 amide bonds. The Balaban J connectivity index is 1.30. The van der Waals surface area contributed by atoms with Crippen LogP contribution in [-0.2, 0) is 7.05 Å². The average molecular weight is 517 g/mol. The van der Waals surface area contributed by atoms with Crippen LogP contribution in [0, 0.1) is 0 Å². The number of rotatable bonds is 4. The van der Waals surface area contributed by atoms with Gasteiger partial charge in [0, 0.05) is 46.4 Å². The Morgan fingerprint density at radius 3 is 2.27 bits per heavy atom. The van der Waals surface area contributed by atoms with E-state index in [1.807, 2.05) is 30.5 Å². The van der Waals surface area contributed by atoms with Gasteiger partial charge in [-0.1, -0.05) is 54.6 Å². The molecule has 0 aliphatic rings. The Labute approximate surface area is 230 Å². The quantitative estimate of drug-likeness (QED) is 0.235. The zero-order valence-electron chi connectivity index (χ0n) is 21.8. The fraction of sp³-hybridized carbons (Fsp3) is 0.0286. The third-order valence-corrected chi connectivity index (χ3v) is 7.69. The van der Waals surface area contributed by atoms with Gasteiger partial charge in [-0.3, -0.25) is 4.98 Å². The molecule has 0 N–H and O–H groups in total. The van der Waals surface area contributed by atoms with Gasteiger partial charge in [0.25, 0.3) is 0 Å². The Bertz CT molecular complexity index is 2170. The fourth-order valence-electron chi connectivity index (χ4n) is 5.75. The zero-order valence-corrected chi connectivity index (χ0v) is 21.8. The van der Waals surface area contributed by atoms with E-state index in [1.54, 1.807) is 6.26 Å². The normalized spacial score (nSPS) is 11.6. The predicted molar refractivity (Wildman–Crippen MR) is 161 cm³/mol. The number of imidazole rings is 1. The summed E-state index contributed by atoms with van der Waals surface area (Å²) >= 11 is 0. The fourth-order valence-corrected chi connectivity index (χ4v) is 5.75. The van der Waals surface area contributed by atoms with Crippen molar-refractivity contribution in [2.75, 3.05) is 0 Å². The monoisotopic (exact) mass is 516 g/mol. The Kier molecular flexibility index (Phi) is 4.97. The first-order valence-corrected chi connectivity index (χ1v) is 13.3. The highest BCUT2D eigenvalue weighted by Crippen LogP contribution is 2.36. The third-order valence-electron chi connectivity index (χ3n) is 7.69. The second kappa shape index (κ2) is 8.82. The molecule has 0 unspecified atom stereocenters. The van der Waals surface area contributed by atoms with Crippen molar-refractivity contribution in [3.63, 3.8) is 0 Å². The van der Waals surface area contributed by atoms with Crippen molar-refractivity contribution in [2.24, 2.45) is 7.05 Å². The molecule has 0 fully saturated rings. The zero-order chi connectivity index (χ0) is 26.6. The van der Waals surface area contributed by atoms with Crippen LogP contribution in [0.15, 0.2) is 132 Å². The van der Waals surface area contributed by atoms with Crippen LogP contribution < -0.4 is 0 Å². The number of fused-ring (bicyclic) bond motifs is 4. The molecule has 4 heterocycles. The molecule has 8 aromatic rings. The highest BCUT2D eigenvalue weighted by Gasteiger charge is 2.16. The molecule has 4 aromatic heterocycles. The Morgan fingerprint density at radius 1 is 0.625 bits per heavy atom. The maximum atomic E-state index is 5.53.